The lowest BCUT2D eigenvalue weighted by Gasteiger charge is -2.13. The predicted molar refractivity (Wildman–Crippen MR) is 96.5 cm³/mol. The number of imide groups is 1. The van der Waals surface area contributed by atoms with Crippen LogP contribution in [0.15, 0.2) is 18.2 Å². The summed E-state index contributed by atoms with van der Waals surface area (Å²) in [6.45, 7) is 4.43. The van der Waals surface area contributed by atoms with Gasteiger partial charge in [0.1, 0.15) is 0 Å². The number of hydrogen-bond acceptors (Lipinski definition) is 6. The van der Waals surface area contributed by atoms with Crippen LogP contribution in [0.25, 0.3) is 0 Å². The maximum Gasteiger partial charge on any atom is 0.338 e. The van der Waals surface area contributed by atoms with E-state index in [1.807, 2.05) is 6.92 Å². The minimum atomic E-state index is -0.999. The van der Waals surface area contributed by atoms with Crippen molar-refractivity contribution in [2.24, 2.45) is 0 Å². The molecule has 0 saturated carbocycles. The number of methoxy groups -OCH3 is 1. The molecule has 1 heterocycles. The van der Waals surface area contributed by atoms with Gasteiger partial charge in [-0.3, -0.25) is 19.3 Å². The highest BCUT2D eigenvalue weighted by molar-refractivity contribution is 6.22. The van der Waals surface area contributed by atoms with E-state index in [2.05, 4.69) is 5.32 Å². The standard InChI is InChI=1S/C19H24N2O6/c1-4-5-9-21-17(23)14-7-6-13(11-15(14)18(21)24)19(25)27-12(2)16(22)20-8-10-26-3/h6-7,11-12H,4-5,8-10H2,1-3H3,(H,20,22)/t12-/m0/s1. The molecular weight excluding hydrogens is 352 g/mol. The first-order valence-electron chi connectivity index (χ1n) is 8.88. The molecule has 0 radical (unpaired) electrons. The molecule has 1 N–H and O–H groups in total. The highest BCUT2D eigenvalue weighted by Gasteiger charge is 2.35. The van der Waals surface area contributed by atoms with E-state index in [9.17, 15) is 19.2 Å². The second-order valence-electron chi connectivity index (χ2n) is 6.21. The first kappa shape index (κ1) is 20.6. The third-order valence-electron chi connectivity index (χ3n) is 4.20. The molecule has 1 aliphatic heterocycles. The molecule has 1 aromatic carbocycles. The molecule has 27 heavy (non-hydrogen) atoms. The Kier molecular flexibility index (Phi) is 7.06. The Morgan fingerprint density at radius 1 is 1.19 bits per heavy atom. The maximum absolute atomic E-state index is 12.4. The van der Waals surface area contributed by atoms with Crippen molar-refractivity contribution < 1.29 is 28.7 Å². The van der Waals surface area contributed by atoms with Gasteiger partial charge in [0.2, 0.25) is 0 Å². The van der Waals surface area contributed by atoms with Gasteiger partial charge in [-0.1, -0.05) is 13.3 Å². The number of rotatable bonds is 9. The number of carbonyl (C=O) groups is 4. The maximum atomic E-state index is 12.4. The van der Waals surface area contributed by atoms with Crippen LogP contribution in [0.1, 0.15) is 57.8 Å². The smallest absolute Gasteiger partial charge is 0.338 e. The Hall–Kier alpha value is -2.74. The number of unbranched alkanes of at least 4 members (excludes halogenated alkanes) is 1. The van der Waals surface area contributed by atoms with Gasteiger partial charge < -0.3 is 14.8 Å². The number of amides is 3. The summed E-state index contributed by atoms with van der Waals surface area (Å²) in [6.07, 6.45) is 0.576. The molecule has 1 aromatic rings. The fourth-order valence-electron chi connectivity index (χ4n) is 2.64. The van der Waals surface area contributed by atoms with Crippen molar-refractivity contribution in [2.75, 3.05) is 26.8 Å². The number of benzene rings is 1. The molecule has 0 bridgehead atoms. The van der Waals surface area contributed by atoms with E-state index in [1.54, 1.807) is 0 Å². The van der Waals surface area contributed by atoms with Crippen molar-refractivity contribution in [2.45, 2.75) is 32.8 Å². The third-order valence-corrected chi connectivity index (χ3v) is 4.20. The third kappa shape index (κ3) is 4.71. The number of carbonyl (C=O) groups excluding carboxylic acids is 4. The lowest BCUT2D eigenvalue weighted by atomic mass is 10.1. The highest BCUT2D eigenvalue weighted by atomic mass is 16.5. The van der Waals surface area contributed by atoms with Gasteiger partial charge in [-0.25, -0.2) is 4.79 Å². The van der Waals surface area contributed by atoms with Crippen molar-refractivity contribution in [1.29, 1.82) is 0 Å². The molecule has 0 fully saturated rings. The SMILES string of the molecule is CCCCN1C(=O)c2ccc(C(=O)O[C@@H](C)C(=O)NCCOC)cc2C1=O. The zero-order valence-electron chi connectivity index (χ0n) is 15.7. The normalized spacial score (nSPS) is 14.1. The summed E-state index contributed by atoms with van der Waals surface area (Å²) in [5, 5.41) is 2.57. The predicted octanol–water partition coefficient (Wildman–Crippen LogP) is 1.39. The molecule has 146 valence electrons. The molecule has 3 amide bonds. The van der Waals surface area contributed by atoms with Gasteiger partial charge in [0, 0.05) is 20.2 Å². The lowest BCUT2D eigenvalue weighted by molar-refractivity contribution is -0.129. The monoisotopic (exact) mass is 376 g/mol. The van der Waals surface area contributed by atoms with Crippen LogP contribution in [0.5, 0.6) is 0 Å². The largest absolute Gasteiger partial charge is 0.449 e. The minimum Gasteiger partial charge on any atom is -0.449 e. The summed E-state index contributed by atoms with van der Waals surface area (Å²) in [6, 6.07) is 4.21. The van der Waals surface area contributed by atoms with Gasteiger partial charge in [-0.2, -0.15) is 0 Å². The van der Waals surface area contributed by atoms with Crippen molar-refractivity contribution >= 4 is 23.7 Å². The fourth-order valence-corrected chi connectivity index (χ4v) is 2.64. The van der Waals surface area contributed by atoms with Crippen LogP contribution in [0.2, 0.25) is 0 Å². The molecule has 1 aliphatic rings. The van der Waals surface area contributed by atoms with Crippen LogP contribution >= 0.6 is 0 Å². The Bertz CT molecular complexity index is 746. The summed E-state index contributed by atoms with van der Waals surface area (Å²) in [5.41, 5.74) is 0.574. The molecule has 1 atom stereocenters. The Labute approximate surface area is 157 Å². The number of nitrogens with zero attached hydrogens (tertiary/aromatic N) is 1. The summed E-state index contributed by atoms with van der Waals surface area (Å²) in [4.78, 5) is 50.1. The summed E-state index contributed by atoms with van der Waals surface area (Å²) in [7, 11) is 1.51. The van der Waals surface area contributed by atoms with Gasteiger partial charge in [0.05, 0.1) is 23.3 Å². The number of ether oxygens (including phenoxy) is 2. The molecule has 8 nitrogen and oxygen atoms in total. The van der Waals surface area contributed by atoms with E-state index in [1.165, 1.54) is 37.1 Å². The number of hydrogen-bond donors (Lipinski definition) is 1. The van der Waals surface area contributed by atoms with Crippen LogP contribution < -0.4 is 5.32 Å². The molecule has 0 unspecified atom stereocenters. The van der Waals surface area contributed by atoms with Gasteiger partial charge in [-0.05, 0) is 31.5 Å². The Morgan fingerprint density at radius 3 is 2.56 bits per heavy atom. The average molecular weight is 376 g/mol. The molecule has 2 rings (SSSR count). The lowest BCUT2D eigenvalue weighted by Crippen LogP contribution is -2.37. The van der Waals surface area contributed by atoms with E-state index >= 15 is 0 Å². The second kappa shape index (κ2) is 9.27. The number of nitrogens with one attached hydrogen (secondary N) is 1. The number of esters is 1. The van der Waals surface area contributed by atoms with Crippen LogP contribution in [0, 0.1) is 0 Å². The Morgan fingerprint density at radius 2 is 1.89 bits per heavy atom. The zero-order chi connectivity index (χ0) is 20.0. The van der Waals surface area contributed by atoms with Crippen molar-refractivity contribution in [3.63, 3.8) is 0 Å². The van der Waals surface area contributed by atoms with Crippen LogP contribution in [0.3, 0.4) is 0 Å². The molecule has 8 heteroatoms. The highest BCUT2D eigenvalue weighted by Crippen LogP contribution is 2.24. The first-order chi connectivity index (χ1) is 12.9. The first-order valence-corrected chi connectivity index (χ1v) is 8.88. The summed E-state index contributed by atoms with van der Waals surface area (Å²) in [5.74, 6) is -1.95. The van der Waals surface area contributed by atoms with Gasteiger partial charge in [-0.15, -0.1) is 0 Å². The second-order valence-corrected chi connectivity index (χ2v) is 6.21. The molecule has 0 aliphatic carbocycles. The molecule has 0 saturated heterocycles. The number of fused-ring (bicyclic) bond motifs is 1. The molecule has 0 spiro atoms. The van der Waals surface area contributed by atoms with Gasteiger partial charge in [0.15, 0.2) is 6.10 Å². The topological polar surface area (TPSA) is 102 Å². The summed E-state index contributed by atoms with van der Waals surface area (Å²) >= 11 is 0. The van der Waals surface area contributed by atoms with Crippen molar-refractivity contribution in [1.82, 2.24) is 10.2 Å². The van der Waals surface area contributed by atoms with Crippen LogP contribution in [-0.4, -0.2) is 61.5 Å². The van der Waals surface area contributed by atoms with Gasteiger partial charge >= 0.3 is 5.97 Å². The van der Waals surface area contributed by atoms with E-state index in [0.717, 1.165) is 12.8 Å². The zero-order valence-corrected chi connectivity index (χ0v) is 15.7. The van der Waals surface area contributed by atoms with Crippen LogP contribution in [-0.2, 0) is 14.3 Å². The Balaban J connectivity index is 2.06. The van der Waals surface area contributed by atoms with Gasteiger partial charge in [0.25, 0.3) is 17.7 Å². The van der Waals surface area contributed by atoms with Crippen molar-refractivity contribution in [3.8, 4) is 0 Å². The quantitative estimate of drug-likeness (QED) is 0.397. The van der Waals surface area contributed by atoms with E-state index in [-0.39, 0.29) is 22.6 Å². The van der Waals surface area contributed by atoms with E-state index < -0.39 is 23.9 Å². The van der Waals surface area contributed by atoms with E-state index in [4.69, 9.17) is 9.47 Å². The van der Waals surface area contributed by atoms with E-state index in [0.29, 0.717) is 19.7 Å². The summed E-state index contributed by atoms with van der Waals surface area (Å²) < 4.78 is 9.97. The molecule has 0 aromatic heterocycles. The minimum absolute atomic E-state index is 0.115. The van der Waals surface area contributed by atoms with Crippen molar-refractivity contribution in [3.05, 3.63) is 34.9 Å². The van der Waals surface area contributed by atoms with Crippen LogP contribution in [0.4, 0.5) is 0 Å². The average Bonchev–Trinajstić information content (AvgIpc) is 2.90. The molecular formula is C19H24N2O6. The fraction of sp³-hybridized carbons (Fsp3) is 0.474.